The minimum Gasteiger partial charge on any atom is -0.311 e. The van der Waals surface area contributed by atoms with Gasteiger partial charge < -0.3 is 4.90 Å². The van der Waals surface area contributed by atoms with Crippen molar-refractivity contribution in [1.82, 2.24) is 0 Å². The molecule has 1 saturated heterocycles. The molecule has 0 N–H and O–H groups in total. The number of amides is 1. The summed E-state index contributed by atoms with van der Waals surface area (Å²) in [5.74, 6) is -0.331. The van der Waals surface area contributed by atoms with Crippen molar-refractivity contribution >= 4 is 43.5 Å². The van der Waals surface area contributed by atoms with Crippen molar-refractivity contribution in [3.05, 3.63) is 28.2 Å². The van der Waals surface area contributed by atoms with Gasteiger partial charge in [0.2, 0.25) is 5.91 Å². The smallest absolute Gasteiger partial charge is 0.311 e. The van der Waals surface area contributed by atoms with Gasteiger partial charge in [0.15, 0.2) is 0 Å². The quantitative estimate of drug-likeness (QED) is 0.669. The fraction of sp³-hybridized carbons (Fsp3) is 0.364. The van der Waals surface area contributed by atoms with Gasteiger partial charge in [-0.3, -0.25) is 4.79 Å². The zero-order valence-electron chi connectivity index (χ0n) is 8.97. The van der Waals surface area contributed by atoms with Crippen molar-refractivity contribution in [1.29, 1.82) is 0 Å². The maximum absolute atomic E-state index is 12.9. The third kappa shape index (κ3) is 2.56. The molecule has 0 saturated carbocycles. The molecular weight excluding hydrogens is 379 g/mol. The van der Waals surface area contributed by atoms with E-state index in [-0.39, 0.29) is 11.6 Å². The SMILES string of the molecule is O=C1C(Br)CCN1c1ccc(Br)cc1C(F)(F)F. The third-order valence-electron chi connectivity index (χ3n) is 2.69. The minimum atomic E-state index is -4.48. The molecule has 1 unspecified atom stereocenters. The zero-order chi connectivity index (χ0) is 13.5. The summed E-state index contributed by atoms with van der Waals surface area (Å²) >= 11 is 6.16. The van der Waals surface area contributed by atoms with Crippen LogP contribution in [0, 0.1) is 0 Å². The fourth-order valence-electron chi connectivity index (χ4n) is 1.86. The molecule has 1 aliphatic rings. The normalized spacial score (nSPS) is 20.6. The lowest BCUT2D eigenvalue weighted by Crippen LogP contribution is -2.29. The van der Waals surface area contributed by atoms with Gasteiger partial charge in [0, 0.05) is 11.0 Å². The van der Waals surface area contributed by atoms with Gasteiger partial charge in [-0.2, -0.15) is 13.2 Å². The van der Waals surface area contributed by atoms with Gasteiger partial charge in [0.1, 0.15) is 0 Å². The van der Waals surface area contributed by atoms with Crippen molar-refractivity contribution in [3.63, 3.8) is 0 Å². The summed E-state index contributed by atoms with van der Waals surface area (Å²) < 4.78 is 39.1. The molecule has 1 atom stereocenters. The number of rotatable bonds is 1. The molecule has 0 spiro atoms. The number of hydrogen-bond donors (Lipinski definition) is 0. The third-order valence-corrected chi connectivity index (χ3v) is 4.04. The van der Waals surface area contributed by atoms with Crippen LogP contribution in [0.4, 0.5) is 18.9 Å². The molecule has 1 aliphatic heterocycles. The second-order valence-corrected chi connectivity index (χ2v) is 5.93. The van der Waals surface area contributed by atoms with Gasteiger partial charge in [-0.25, -0.2) is 0 Å². The molecule has 98 valence electrons. The summed E-state index contributed by atoms with van der Waals surface area (Å²) in [6.07, 6.45) is -3.98. The maximum atomic E-state index is 12.9. The average Bonchev–Trinajstić information content (AvgIpc) is 2.59. The van der Waals surface area contributed by atoms with Crippen LogP contribution < -0.4 is 4.90 Å². The Morgan fingerprint density at radius 1 is 1.33 bits per heavy atom. The molecule has 1 heterocycles. The number of anilines is 1. The molecular formula is C11H8Br2F3NO. The summed E-state index contributed by atoms with van der Waals surface area (Å²) in [6, 6.07) is 3.80. The molecule has 1 aromatic carbocycles. The van der Waals surface area contributed by atoms with E-state index in [0.29, 0.717) is 17.4 Å². The monoisotopic (exact) mass is 385 g/mol. The topological polar surface area (TPSA) is 20.3 Å². The van der Waals surface area contributed by atoms with Crippen LogP contribution in [0.1, 0.15) is 12.0 Å². The van der Waals surface area contributed by atoms with E-state index in [1.54, 1.807) is 0 Å². The number of benzene rings is 1. The van der Waals surface area contributed by atoms with E-state index in [9.17, 15) is 18.0 Å². The van der Waals surface area contributed by atoms with Crippen LogP contribution >= 0.6 is 31.9 Å². The Kier molecular flexibility index (Phi) is 3.73. The molecule has 2 rings (SSSR count). The molecule has 7 heteroatoms. The zero-order valence-corrected chi connectivity index (χ0v) is 12.1. The summed E-state index contributed by atoms with van der Waals surface area (Å²) in [5.41, 5.74) is -0.885. The highest BCUT2D eigenvalue weighted by Gasteiger charge is 2.39. The molecule has 0 aromatic heterocycles. The predicted molar refractivity (Wildman–Crippen MR) is 68.8 cm³/mol. The molecule has 1 fully saturated rings. The number of halogens is 5. The van der Waals surface area contributed by atoms with Crippen LogP contribution in [-0.2, 0) is 11.0 Å². The van der Waals surface area contributed by atoms with Gasteiger partial charge in [0.25, 0.3) is 0 Å². The van der Waals surface area contributed by atoms with Gasteiger partial charge in [-0.15, -0.1) is 0 Å². The van der Waals surface area contributed by atoms with Crippen LogP contribution in [0.15, 0.2) is 22.7 Å². The Morgan fingerprint density at radius 3 is 2.50 bits per heavy atom. The van der Waals surface area contributed by atoms with Crippen molar-refractivity contribution in [2.24, 2.45) is 0 Å². The van der Waals surface area contributed by atoms with E-state index in [0.717, 1.165) is 6.07 Å². The largest absolute Gasteiger partial charge is 0.418 e. The molecule has 1 amide bonds. The predicted octanol–water partition coefficient (Wildman–Crippen LogP) is 3.97. The number of nitrogens with zero attached hydrogens (tertiary/aromatic N) is 1. The van der Waals surface area contributed by atoms with Crippen LogP contribution in [0.2, 0.25) is 0 Å². The van der Waals surface area contributed by atoms with E-state index < -0.39 is 16.6 Å². The molecule has 2 nitrogen and oxygen atoms in total. The van der Waals surface area contributed by atoms with Crippen molar-refractivity contribution in [2.45, 2.75) is 17.4 Å². The van der Waals surface area contributed by atoms with E-state index in [2.05, 4.69) is 31.9 Å². The average molecular weight is 387 g/mol. The highest BCUT2D eigenvalue weighted by atomic mass is 79.9. The first-order valence-corrected chi connectivity index (χ1v) is 6.84. The maximum Gasteiger partial charge on any atom is 0.418 e. The lowest BCUT2D eigenvalue weighted by Gasteiger charge is -2.21. The first-order valence-electron chi connectivity index (χ1n) is 5.13. The van der Waals surface area contributed by atoms with Gasteiger partial charge in [0.05, 0.1) is 16.1 Å². The van der Waals surface area contributed by atoms with Gasteiger partial charge in [-0.1, -0.05) is 31.9 Å². The van der Waals surface area contributed by atoms with E-state index >= 15 is 0 Å². The van der Waals surface area contributed by atoms with Crippen LogP contribution in [0.5, 0.6) is 0 Å². The second-order valence-electron chi connectivity index (χ2n) is 3.91. The van der Waals surface area contributed by atoms with Gasteiger partial charge >= 0.3 is 6.18 Å². The standard InChI is InChI=1S/C11H8Br2F3NO/c12-6-1-2-9(7(5-6)11(14,15)16)17-4-3-8(13)10(17)18/h1-2,5,8H,3-4H2. The van der Waals surface area contributed by atoms with E-state index in [1.165, 1.54) is 17.0 Å². The lowest BCUT2D eigenvalue weighted by atomic mass is 10.1. The molecule has 0 bridgehead atoms. The first-order chi connectivity index (χ1) is 8.30. The highest BCUT2D eigenvalue weighted by Crippen LogP contribution is 2.40. The lowest BCUT2D eigenvalue weighted by molar-refractivity contribution is -0.137. The Morgan fingerprint density at radius 2 is 2.00 bits per heavy atom. The highest BCUT2D eigenvalue weighted by molar-refractivity contribution is 9.10. The Labute approximate surface area is 118 Å². The summed E-state index contributed by atoms with van der Waals surface area (Å²) in [5, 5.41) is 0. The fourth-order valence-corrected chi connectivity index (χ4v) is 2.67. The summed E-state index contributed by atoms with van der Waals surface area (Å²) in [6.45, 7) is 0.291. The van der Waals surface area contributed by atoms with Crippen molar-refractivity contribution < 1.29 is 18.0 Å². The minimum absolute atomic E-state index is 0.0855. The van der Waals surface area contributed by atoms with Gasteiger partial charge in [-0.05, 0) is 24.6 Å². The first kappa shape index (κ1) is 13.9. The Hall–Kier alpha value is -0.560. The summed E-state index contributed by atoms with van der Waals surface area (Å²) in [7, 11) is 0. The van der Waals surface area contributed by atoms with E-state index in [4.69, 9.17) is 0 Å². The van der Waals surface area contributed by atoms with Crippen LogP contribution in [0.3, 0.4) is 0 Å². The van der Waals surface area contributed by atoms with Crippen LogP contribution in [-0.4, -0.2) is 17.3 Å². The Bertz CT molecular complexity index is 490. The molecule has 18 heavy (non-hydrogen) atoms. The number of carbonyl (C=O) groups is 1. The number of hydrogen-bond acceptors (Lipinski definition) is 1. The van der Waals surface area contributed by atoms with Crippen molar-refractivity contribution in [2.75, 3.05) is 11.4 Å². The number of alkyl halides is 4. The number of carbonyl (C=O) groups excluding carboxylic acids is 1. The van der Waals surface area contributed by atoms with Crippen LogP contribution in [0.25, 0.3) is 0 Å². The molecule has 1 aromatic rings. The van der Waals surface area contributed by atoms with E-state index in [1.807, 2.05) is 0 Å². The molecule has 0 aliphatic carbocycles. The summed E-state index contributed by atoms with van der Waals surface area (Å²) in [4.78, 5) is 12.5. The van der Waals surface area contributed by atoms with Crippen molar-refractivity contribution in [3.8, 4) is 0 Å². The molecule has 0 radical (unpaired) electrons. The second kappa shape index (κ2) is 4.85. The Balaban J connectivity index is 2.48.